The third-order valence-corrected chi connectivity index (χ3v) is 8.71. The number of anilines is 1. The molecule has 2 aromatic heterocycles. The number of thioether (sulfide) groups is 1. The first-order chi connectivity index (χ1) is 18.4. The molecular weight excluding hydrogens is 522 g/mol. The van der Waals surface area contributed by atoms with Crippen LogP contribution in [0.3, 0.4) is 0 Å². The summed E-state index contributed by atoms with van der Waals surface area (Å²) in [6.07, 6.45) is 5.26. The minimum atomic E-state index is -0.490. The van der Waals surface area contributed by atoms with E-state index in [1.165, 1.54) is 23.1 Å². The van der Waals surface area contributed by atoms with E-state index < -0.39 is 5.25 Å². The normalized spacial score (nSPS) is 13.8. The summed E-state index contributed by atoms with van der Waals surface area (Å²) < 4.78 is 7.10. The lowest BCUT2D eigenvalue weighted by Crippen LogP contribution is -2.26. The molecule has 1 aromatic carbocycles. The minimum absolute atomic E-state index is 0.104. The van der Waals surface area contributed by atoms with Crippen LogP contribution < -0.4 is 10.6 Å². The lowest BCUT2D eigenvalue weighted by atomic mass is 10.1. The Hall–Kier alpha value is -3.18. The molecule has 3 aromatic rings. The molecule has 1 aliphatic carbocycles. The maximum Gasteiger partial charge on any atom is 0.341 e. The fourth-order valence-corrected chi connectivity index (χ4v) is 6.41. The van der Waals surface area contributed by atoms with Crippen molar-refractivity contribution < 1.29 is 19.1 Å². The van der Waals surface area contributed by atoms with Gasteiger partial charge in [-0.05, 0) is 50.7 Å². The quantitative estimate of drug-likeness (QED) is 0.218. The van der Waals surface area contributed by atoms with Gasteiger partial charge in [0.05, 0.1) is 30.4 Å². The van der Waals surface area contributed by atoms with Crippen molar-refractivity contribution in [1.29, 1.82) is 0 Å². The van der Waals surface area contributed by atoms with Crippen LogP contribution in [0.4, 0.5) is 5.00 Å². The zero-order valence-electron chi connectivity index (χ0n) is 21.9. The zero-order chi connectivity index (χ0) is 27.1. The van der Waals surface area contributed by atoms with E-state index in [1.54, 1.807) is 25.5 Å². The number of thiophene rings is 1. The van der Waals surface area contributed by atoms with Crippen molar-refractivity contribution in [3.05, 3.63) is 57.7 Å². The van der Waals surface area contributed by atoms with E-state index in [-0.39, 0.29) is 37.4 Å². The van der Waals surface area contributed by atoms with Crippen molar-refractivity contribution in [3.8, 4) is 0 Å². The van der Waals surface area contributed by atoms with Crippen molar-refractivity contribution >= 4 is 45.9 Å². The highest BCUT2D eigenvalue weighted by Gasteiger charge is 2.28. The second-order valence-electron chi connectivity index (χ2n) is 9.14. The van der Waals surface area contributed by atoms with Gasteiger partial charge in [0.1, 0.15) is 5.00 Å². The second kappa shape index (κ2) is 13.1. The van der Waals surface area contributed by atoms with Crippen LogP contribution in [0.5, 0.6) is 0 Å². The van der Waals surface area contributed by atoms with E-state index in [1.807, 2.05) is 30.3 Å². The standard InChI is InChI=1S/C27H33N5O4S2/c1-4-36-26(35)23-19-13-9-6-10-14-20(19)38-25(23)29-24(34)17(2)37-27-31-30-21(32(27)3)16-28-22(33)15-18-11-7-5-8-12-18/h5,7-8,11-12,17H,4,6,9-10,13-16H2,1-3H3,(H,28,33)(H,29,34). The molecule has 1 atom stereocenters. The summed E-state index contributed by atoms with van der Waals surface area (Å²) in [5, 5.41) is 14.9. The molecule has 9 nitrogen and oxygen atoms in total. The number of amides is 2. The predicted octanol–water partition coefficient (Wildman–Crippen LogP) is 4.30. The average molecular weight is 556 g/mol. The molecule has 0 fully saturated rings. The van der Waals surface area contributed by atoms with E-state index in [4.69, 9.17) is 4.74 Å². The number of nitrogens with zero attached hydrogens (tertiary/aromatic N) is 3. The topological polar surface area (TPSA) is 115 Å². The Labute approximate surface area is 230 Å². The molecule has 2 heterocycles. The Bertz CT molecular complexity index is 1290. The van der Waals surface area contributed by atoms with Crippen LogP contribution in [0.25, 0.3) is 0 Å². The summed E-state index contributed by atoms with van der Waals surface area (Å²) >= 11 is 2.75. The van der Waals surface area contributed by atoms with Crippen molar-refractivity contribution in [2.75, 3.05) is 11.9 Å². The largest absolute Gasteiger partial charge is 0.462 e. The van der Waals surface area contributed by atoms with E-state index in [0.717, 1.165) is 48.1 Å². The number of esters is 1. The molecule has 0 spiro atoms. The number of carbonyl (C=O) groups excluding carboxylic acids is 3. The monoisotopic (exact) mass is 555 g/mol. The number of hydrogen-bond acceptors (Lipinski definition) is 8. The number of rotatable bonds is 10. The van der Waals surface area contributed by atoms with Gasteiger partial charge in [-0.2, -0.15) is 0 Å². The number of benzene rings is 1. The fourth-order valence-electron chi connectivity index (χ4n) is 4.30. The summed E-state index contributed by atoms with van der Waals surface area (Å²) in [4.78, 5) is 39.4. The summed E-state index contributed by atoms with van der Waals surface area (Å²) in [5.74, 6) is -0.117. The van der Waals surface area contributed by atoms with Crippen LogP contribution in [-0.2, 0) is 47.2 Å². The van der Waals surface area contributed by atoms with E-state index in [2.05, 4.69) is 20.8 Å². The number of fused-ring (bicyclic) bond motifs is 1. The van der Waals surface area contributed by atoms with Crippen LogP contribution in [0.2, 0.25) is 0 Å². The molecule has 0 saturated carbocycles. The summed E-state index contributed by atoms with van der Waals surface area (Å²) in [6, 6.07) is 9.53. The second-order valence-corrected chi connectivity index (χ2v) is 11.5. The van der Waals surface area contributed by atoms with Gasteiger partial charge < -0.3 is 19.9 Å². The minimum Gasteiger partial charge on any atom is -0.462 e. The maximum absolute atomic E-state index is 13.1. The number of hydrogen-bond donors (Lipinski definition) is 2. The van der Waals surface area contributed by atoms with Gasteiger partial charge in [-0.1, -0.05) is 48.5 Å². The van der Waals surface area contributed by atoms with E-state index in [0.29, 0.717) is 21.5 Å². The smallest absolute Gasteiger partial charge is 0.341 e. The highest BCUT2D eigenvalue weighted by Crippen LogP contribution is 2.38. The van der Waals surface area contributed by atoms with Gasteiger partial charge in [0.2, 0.25) is 11.8 Å². The highest BCUT2D eigenvalue weighted by molar-refractivity contribution is 8.00. The SMILES string of the molecule is CCOC(=O)c1c(NC(=O)C(C)Sc2nnc(CNC(=O)Cc3ccccc3)n2C)sc2c1CCCCC2. The third-order valence-electron chi connectivity index (χ3n) is 6.37. The Morgan fingerprint density at radius 2 is 1.89 bits per heavy atom. The molecule has 0 bridgehead atoms. The molecule has 2 N–H and O–H groups in total. The van der Waals surface area contributed by atoms with Gasteiger partial charge in [0.15, 0.2) is 11.0 Å². The molecule has 38 heavy (non-hydrogen) atoms. The van der Waals surface area contributed by atoms with Gasteiger partial charge in [0.25, 0.3) is 0 Å². The molecule has 0 aliphatic heterocycles. The zero-order valence-corrected chi connectivity index (χ0v) is 23.5. The Morgan fingerprint density at radius 1 is 1.13 bits per heavy atom. The van der Waals surface area contributed by atoms with E-state index >= 15 is 0 Å². The van der Waals surface area contributed by atoms with Crippen molar-refractivity contribution in [2.45, 2.75) is 69.3 Å². The molecule has 1 aliphatic rings. The van der Waals surface area contributed by atoms with Gasteiger partial charge in [0, 0.05) is 11.9 Å². The molecule has 2 amide bonds. The molecule has 11 heteroatoms. The van der Waals surface area contributed by atoms with Crippen molar-refractivity contribution in [2.24, 2.45) is 7.05 Å². The Balaban J connectivity index is 1.38. The number of aromatic nitrogens is 3. The average Bonchev–Trinajstić information content (AvgIpc) is 3.32. The first-order valence-corrected chi connectivity index (χ1v) is 14.5. The summed E-state index contributed by atoms with van der Waals surface area (Å²) in [5.41, 5.74) is 2.47. The van der Waals surface area contributed by atoms with Gasteiger partial charge in [-0.25, -0.2) is 4.79 Å². The van der Waals surface area contributed by atoms with Crippen LogP contribution in [0, 0.1) is 0 Å². The van der Waals surface area contributed by atoms with Crippen LogP contribution in [-0.4, -0.2) is 44.4 Å². The lowest BCUT2D eigenvalue weighted by molar-refractivity contribution is -0.120. The van der Waals surface area contributed by atoms with Crippen molar-refractivity contribution in [1.82, 2.24) is 20.1 Å². The lowest BCUT2D eigenvalue weighted by Gasteiger charge is -2.12. The number of aryl methyl sites for hydroxylation is 1. The number of ether oxygens (including phenoxy) is 1. The maximum atomic E-state index is 13.1. The molecule has 0 radical (unpaired) electrons. The van der Waals surface area contributed by atoms with Gasteiger partial charge in [-0.15, -0.1) is 21.5 Å². The highest BCUT2D eigenvalue weighted by atomic mass is 32.2. The molecule has 0 saturated heterocycles. The molecule has 1 unspecified atom stereocenters. The van der Waals surface area contributed by atoms with Crippen LogP contribution in [0.1, 0.15) is 65.3 Å². The first-order valence-electron chi connectivity index (χ1n) is 12.9. The molecular formula is C27H33N5O4S2. The van der Waals surface area contributed by atoms with Crippen molar-refractivity contribution in [3.63, 3.8) is 0 Å². The summed E-state index contributed by atoms with van der Waals surface area (Å²) in [6.45, 7) is 4.09. The number of nitrogens with one attached hydrogen (secondary N) is 2. The van der Waals surface area contributed by atoms with E-state index in [9.17, 15) is 14.4 Å². The first kappa shape index (κ1) is 27.8. The summed E-state index contributed by atoms with van der Waals surface area (Å²) in [7, 11) is 1.81. The van der Waals surface area contributed by atoms with Crippen LogP contribution >= 0.6 is 23.1 Å². The van der Waals surface area contributed by atoms with Gasteiger partial charge in [-0.3, -0.25) is 9.59 Å². The Kier molecular flexibility index (Phi) is 9.57. The predicted molar refractivity (Wildman–Crippen MR) is 148 cm³/mol. The number of carbonyl (C=O) groups is 3. The Morgan fingerprint density at radius 3 is 2.66 bits per heavy atom. The van der Waals surface area contributed by atoms with Crippen LogP contribution in [0.15, 0.2) is 35.5 Å². The molecule has 202 valence electrons. The van der Waals surface area contributed by atoms with Gasteiger partial charge >= 0.3 is 5.97 Å². The molecule has 4 rings (SSSR count). The third kappa shape index (κ3) is 6.82. The fraction of sp³-hybridized carbons (Fsp3) is 0.444.